The van der Waals surface area contributed by atoms with E-state index in [0.29, 0.717) is 0 Å². The molecule has 2 aromatic rings. The first-order valence-corrected chi connectivity index (χ1v) is 7.57. The highest BCUT2D eigenvalue weighted by Crippen LogP contribution is 2.29. The number of halogens is 1. The smallest absolute Gasteiger partial charge is 0.123 e. The van der Waals surface area contributed by atoms with Gasteiger partial charge in [-0.3, -0.25) is 0 Å². The van der Waals surface area contributed by atoms with Gasteiger partial charge in [0.2, 0.25) is 0 Å². The van der Waals surface area contributed by atoms with Crippen molar-refractivity contribution in [3.63, 3.8) is 0 Å². The Morgan fingerprint density at radius 3 is 2.29 bits per heavy atom. The van der Waals surface area contributed by atoms with Gasteiger partial charge in [-0.2, -0.15) is 0 Å². The lowest BCUT2D eigenvalue weighted by atomic mass is 9.95. The summed E-state index contributed by atoms with van der Waals surface area (Å²) in [6.07, 6.45) is 1.91. The molecule has 1 atom stereocenters. The van der Waals surface area contributed by atoms with Crippen molar-refractivity contribution >= 4 is 0 Å². The molecule has 0 spiro atoms. The topological polar surface area (TPSA) is 25.2 Å². The summed E-state index contributed by atoms with van der Waals surface area (Å²) in [5.41, 5.74) is 3.58. The maximum atomic E-state index is 13.1. The van der Waals surface area contributed by atoms with Gasteiger partial charge in [0.25, 0.3) is 0 Å². The van der Waals surface area contributed by atoms with Crippen molar-refractivity contribution in [2.24, 2.45) is 0 Å². The summed E-state index contributed by atoms with van der Waals surface area (Å²) in [5, 5.41) is 3.59. The van der Waals surface area contributed by atoms with E-state index >= 15 is 0 Å². The van der Waals surface area contributed by atoms with Crippen molar-refractivity contribution in [1.82, 2.24) is 5.32 Å². The Morgan fingerprint density at radius 2 is 1.76 bits per heavy atom. The van der Waals surface area contributed by atoms with Crippen molar-refractivity contribution in [3.05, 3.63) is 58.3 Å². The Balaban J connectivity index is 2.27. The molecule has 2 rings (SSSR count). The maximum absolute atomic E-state index is 13.1. The molecule has 1 N–H and O–H groups in total. The average Bonchev–Trinajstić information content (AvgIpc) is 2.71. The molecule has 0 aliphatic carbocycles. The van der Waals surface area contributed by atoms with E-state index in [4.69, 9.17) is 4.42 Å². The van der Waals surface area contributed by atoms with Crippen molar-refractivity contribution in [2.75, 3.05) is 6.54 Å². The molecule has 2 nitrogen and oxygen atoms in total. The quantitative estimate of drug-likeness (QED) is 0.839. The summed E-state index contributed by atoms with van der Waals surface area (Å²) in [6.45, 7) is 9.23. The zero-order valence-electron chi connectivity index (χ0n) is 13.3. The van der Waals surface area contributed by atoms with Crippen LogP contribution in [0.2, 0.25) is 0 Å². The van der Waals surface area contributed by atoms with Gasteiger partial charge >= 0.3 is 0 Å². The molecule has 1 heterocycles. The van der Waals surface area contributed by atoms with Crippen LogP contribution in [0.1, 0.15) is 47.6 Å². The molecule has 0 saturated carbocycles. The lowest BCUT2D eigenvalue weighted by Gasteiger charge is -2.19. The van der Waals surface area contributed by atoms with Crippen molar-refractivity contribution in [2.45, 2.75) is 46.6 Å². The molecule has 0 saturated heterocycles. The van der Waals surface area contributed by atoms with Crippen molar-refractivity contribution in [1.29, 1.82) is 0 Å². The van der Waals surface area contributed by atoms with Gasteiger partial charge in [0.05, 0.1) is 0 Å². The van der Waals surface area contributed by atoms with Crippen LogP contribution < -0.4 is 5.32 Å². The molecule has 3 heteroatoms. The van der Waals surface area contributed by atoms with E-state index in [1.807, 2.05) is 26.0 Å². The summed E-state index contributed by atoms with van der Waals surface area (Å²) < 4.78 is 18.8. The first kappa shape index (κ1) is 15.8. The molecule has 1 aromatic carbocycles. The predicted octanol–water partition coefficient (Wildman–Crippen LogP) is 4.63. The van der Waals surface area contributed by atoms with Gasteiger partial charge in [-0.1, -0.05) is 19.1 Å². The summed E-state index contributed by atoms with van der Waals surface area (Å²) in [7, 11) is 0. The van der Waals surface area contributed by atoms with Crippen LogP contribution in [0.4, 0.5) is 4.39 Å². The van der Waals surface area contributed by atoms with Crippen LogP contribution in [-0.2, 0) is 6.42 Å². The summed E-state index contributed by atoms with van der Waals surface area (Å²) >= 11 is 0. The van der Waals surface area contributed by atoms with Crippen LogP contribution in [0.15, 0.2) is 28.7 Å². The van der Waals surface area contributed by atoms with Crippen LogP contribution in [0, 0.1) is 26.6 Å². The number of nitrogens with one attached hydrogen (secondary N) is 1. The summed E-state index contributed by atoms with van der Waals surface area (Å²) in [6, 6.07) is 6.95. The molecule has 0 amide bonds. The highest BCUT2D eigenvalue weighted by molar-refractivity contribution is 5.35. The normalized spacial score (nSPS) is 12.6. The third-order valence-corrected chi connectivity index (χ3v) is 3.96. The number of hydrogen-bond donors (Lipinski definition) is 1. The fourth-order valence-corrected chi connectivity index (χ4v) is 2.77. The minimum absolute atomic E-state index is 0.191. The van der Waals surface area contributed by atoms with E-state index in [-0.39, 0.29) is 11.9 Å². The number of furan rings is 1. The Hall–Kier alpha value is -1.61. The number of hydrogen-bond acceptors (Lipinski definition) is 2. The monoisotopic (exact) mass is 289 g/mol. The molecule has 0 aliphatic rings. The number of rotatable bonds is 6. The van der Waals surface area contributed by atoms with Crippen LogP contribution in [0.25, 0.3) is 0 Å². The fourth-order valence-electron chi connectivity index (χ4n) is 2.77. The third-order valence-electron chi connectivity index (χ3n) is 3.96. The van der Waals surface area contributed by atoms with Crippen molar-refractivity contribution < 1.29 is 8.81 Å². The average molecular weight is 289 g/mol. The highest BCUT2D eigenvalue weighted by atomic mass is 19.1. The van der Waals surface area contributed by atoms with E-state index in [9.17, 15) is 4.39 Å². The van der Waals surface area contributed by atoms with Gasteiger partial charge in [0, 0.05) is 11.6 Å². The highest BCUT2D eigenvalue weighted by Gasteiger charge is 2.21. The molecule has 1 unspecified atom stereocenters. The van der Waals surface area contributed by atoms with Crippen LogP contribution in [0.5, 0.6) is 0 Å². The van der Waals surface area contributed by atoms with Gasteiger partial charge in [0.1, 0.15) is 17.3 Å². The van der Waals surface area contributed by atoms with E-state index < -0.39 is 0 Å². The Morgan fingerprint density at radius 1 is 1.10 bits per heavy atom. The predicted molar refractivity (Wildman–Crippen MR) is 84.1 cm³/mol. The standard InChI is InChI=1S/C18H24FNO/c1-5-10-20-17(11-15-6-8-16(19)9-7-15)18-12(2)13(3)21-14(18)4/h6-9,17,20H,5,10-11H2,1-4H3. The zero-order valence-corrected chi connectivity index (χ0v) is 13.3. The minimum Gasteiger partial charge on any atom is -0.466 e. The maximum Gasteiger partial charge on any atom is 0.123 e. The molecule has 21 heavy (non-hydrogen) atoms. The van der Waals surface area contributed by atoms with Crippen molar-refractivity contribution in [3.8, 4) is 0 Å². The molecule has 0 aliphatic heterocycles. The number of aryl methyl sites for hydroxylation is 2. The Kier molecular flexibility index (Phi) is 5.18. The first-order valence-electron chi connectivity index (χ1n) is 7.57. The lowest BCUT2D eigenvalue weighted by Crippen LogP contribution is -2.25. The second kappa shape index (κ2) is 6.90. The molecule has 0 bridgehead atoms. The minimum atomic E-state index is -0.191. The second-order valence-corrected chi connectivity index (χ2v) is 5.59. The summed E-state index contributed by atoms with van der Waals surface area (Å²) in [4.78, 5) is 0. The Bertz CT molecular complexity index is 586. The molecule has 0 radical (unpaired) electrons. The molecule has 1 aromatic heterocycles. The first-order chi connectivity index (χ1) is 10.0. The lowest BCUT2D eigenvalue weighted by molar-refractivity contribution is 0.480. The van der Waals surface area contributed by atoms with Gasteiger partial charge in [-0.25, -0.2) is 4.39 Å². The Labute approximate surface area is 126 Å². The second-order valence-electron chi connectivity index (χ2n) is 5.59. The van der Waals surface area contributed by atoms with Crippen LogP contribution in [0.3, 0.4) is 0 Å². The van der Waals surface area contributed by atoms with Gasteiger partial charge in [-0.05, 0) is 63.4 Å². The van der Waals surface area contributed by atoms with E-state index in [1.165, 1.54) is 23.3 Å². The van der Waals surface area contributed by atoms with E-state index in [1.54, 1.807) is 0 Å². The fraction of sp³-hybridized carbons (Fsp3) is 0.444. The van der Waals surface area contributed by atoms with Gasteiger partial charge in [-0.15, -0.1) is 0 Å². The van der Waals surface area contributed by atoms with Gasteiger partial charge in [0.15, 0.2) is 0 Å². The molecule has 0 fully saturated rings. The molecular formula is C18H24FNO. The molecule has 114 valence electrons. The SMILES string of the molecule is CCCNC(Cc1ccc(F)cc1)c1c(C)oc(C)c1C. The summed E-state index contributed by atoms with van der Waals surface area (Å²) in [5.74, 6) is 1.76. The zero-order chi connectivity index (χ0) is 15.4. The van der Waals surface area contributed by atoms with E-state index in [2.05, 4.69) is 19.2 Å². The van der Waals surface area contributed by atoms with Crippen LogP contribution in [-0.4, -0.2) is 6.54 Å². The number of benzene rings is 1. The van der Waals surface area contributed by atoms with E-state index in [0.717, 1.165) is 36.5 Å². The third kappa shape index (κ3) is 3.73. The van der Waals surface area contributed by atoms with Gasteiger partial charge < -0.3 is 9.73 Å². The molecular weight excluding hydrogens is 265 g/mol. The largest absolute Gasteiger partial charge is 0.466 e. The van der Waals surface area contributed by atoms with Crippen LogP contribution >= 0.6 is 0 Å².